The van der Waals surface area contributed by atoms with Crippen LogP contribution in [0.5, 0.6) is 0 Å². The second-order valence-corrected chi connectivity index (χ2v) is 5.26. The zero-order valence-corrected chi connectivity index (χ0v) is 13.6. The standard InChI is InChI=1S/C15H13N7O2S/c23-9-16-18-12-6-4-11(5-7-12)17-14(24)10-2-1-3-13(8-10)22-15(25)19-20-21-22/h1-9,18H,(H,16,23)(H,17,24)(H,19,21,25). The van der Waals surface area contributed by atoms with Crippen molar-refractivity contribution in [2.45, 2.75) is 5.16 Å². The maximum Gasteiger partial charge on any atom is 0.255 e. The van der Waals surface area contributed by atoms with Crippen LogP contribution in [0.15, 0.2) is 53.7 Å². The van der Waals surface area contributed by atoms with Crippen LogP contribution in [0.4, 0.5) is 11.4 Å². The van der Waals surface area contributed by atoms with Crippen molar-refractivity contribution in [2.24, 2.45) is 0 Å². The lowest BCUT2D eigenvalue weighted by molar-refractivity contribution is -0.109. The Kier molecular flexibility index (Phi) is 4.90. The summed E-state index contributed by atoms with van der Waals surface area (Å²) in [5.41, 5.74) is 7.39. The van der Waals surface area contributed by atoms with E-state index in [9.17, 15) is 9.59 Å². The molecule has 0 aliphatic heterocycles. The minimum absolute atomic E-state index is 0.276. The van der Waals surface area contributed by atoms with Crippen molar-refractivity contribution < 1.29 is 9.59 Å². The summed E-state index contributed by atoms with van der Waals surface area (Å²) in [7, 11) is 0. The summed E-state index contributed by atoms with van der Waals surface area (Å²) in [6.07, 6.45) is 0.531. The van der Waals surface area contributed by atoms with Gasteiger partial charge < -0.3 is 5.32 Å². The van der Waals surface area contributed by atoms with Gasteiger partial charge in [-0.05, 0) is 52.9 Å². The highest BCUT2D eigenvalue weighted by Gasteiger charge is 2.10. The van der Waals surface area contributed by atoms with E-state index in [0.717, 1.165) is 0 Å². The van der Waals surface area contributed by atoms with E-state index in [2.05, 4.69) is 44.3 Å². The molecular weight excluding hydrogens is 342 g/mol. The molecule has 3 rings (SSSR count). The van der Waals surface area contributed by atoms with Crippen LogP contribution in [-0.2, 0) is 4.79 Å². The molecule has 9 nitrogen and oxygen atoms in total. The summed E-state index contributed by atoms with van der Waals surface area (Å²) in [5, 5.41) is 14.2. The molecule has 0 spiro atoms. The fraction of sp³-hybridized carbons (Fsp3) is 0. The number of hydrogen-bond donors (Lipinski definition) is 4. The number of nitrogens with one attached hydrogen (secondary N) is 3. The Hall–Kier alpha value is -3.40. The summed E-state index contributed by atoms with van der Waals surface area (Å²) in [6, 6.07) is 13.7. The van der Waals surface area contributed by atoms with Gasteiger partial charge in [0.15, 0.2) is 0 Å². The molecule has 0 saturated heterocycles. The number of thiol groups is 1. The minimum atomic E-state index is -0.276. The first kappa shape index (κ1) is 16.5. The molecule has 0 bridgehead atoms. The number of tetrazole rings is 1. The molecule has 0 aliphatic carbocycles. The lowest BCUT2D eigenvalue weighted by Crippen LogP contribution is -2.18. The van der Waals surface area contributed by atoms with Gasteiger partial charge in [0.1, 0.15) is 0 Å². The average molecular weight is 355 g/mol. The maximum absolute atomic E-state index is 12.4. The Labute approximate surface area is 147 Å². The van der Waals surface area contributed by atoms with Crippen LogP contribution >= 0.6 is 12.6 Å². The Morgan fingerprint density at radius 2 is 1.88 bits per heavy atom. The molecular formula is C15H13N7O2S. The zero-order valence-electron chi connectivity index (χ0n) is 12.7. The number of anilines is 2. The van der Waals surface area contributed by atoms with E-state index in [1.165, 1.54) is 4.68 Å². The predicted octanol–water partition coefficient (Wildman–Crippen LogP) is 1.28. The number of hydrazine groups is 1. The zero-order chi connectivity index (χ0) is 17.6. The smallest absolute Gasteiger partial charge is 0.255 e. The van der Waals surface area contributed by atoms with Crippen LogP contribution in [0.2, 0.25) is 0 Å². The van der Waals surface area contributed by atoms with Gasteiger partial charge in [-0.15, -0.1) is 17.7 Å². The third-order valence-corrected chi connectivity index (χ3v) is 3.50. The van der Waals surface area contributed by atoms with Crippen molar-refractivity contribution in [1.29, 1.82) is 0 Å². The molecule has 1 heterocycles. The van der Waals surface area contributed by atoms with E-state index >= 15 is 0 Å². The second kappa shape index (κ2) is 7.45. The molecule has 0 radical (unpaired) electrons. The first-order valence-electron chi connectivity index (χ1n) is 7.12. The molecule has 0 aliphatic rings. The Morgan fingerprint density at radius 1 is 1.12 bits per heavy atom. The SMILES string of the molecule is O=CNNc1ccc(NC(=O)c2cccc(-n3nnnc3S)c2)cc1. The first-order valence-corrected chi connectivity index (χ1v) is 7.56. The van der Waals surface area contributed by atoms with Gasteiger partial charge in [-0.3, -0.25) is 20.4 Å². The van der Waals surface area contributed by atoms with Gasteiger partial charge in [-0.1, -0.05) is 6.07 Å². The molecule has 1 aromatic heterocycles. The number of hydrogen-bond acceptors (Lipinski definition) is 7. The van der Waals surface area contributed by atoms with Gasteiger partial charge in [0.2, 0.25) is 11.6 Å². The molecule has 0 atom stereocenters. The monoisotopic (exact) mass is 355 g/mol. The third kappa shape index (κ3) is 3.93. The molecule has 3 N–H and O–H groups in total. The molecule has 0 saturated carbocycles. The molecule has 2 aromatic carbocycles. The highest BCUT2D eigenvalue weighted by Crippen LogP contribution is 2.16. The molecule has 10 heteroatoms. The van der Waals surface area contributed by atoms with Gasteiger partial charge in [0.05, 0.1) is 11.4 Å². The van der Waals surface area contributed by atoms with Gasteiger partial charge in [0, 0.05) is 11.3 Å². The highest BCUT2D eigenvalue weighted by molar-refractivity contribution is 7.80. The van der Waals surface area contributed by atoms with E-state index in [-0.39, 0.29) is 5.91 Å². The number of aromatic nitrogens is 4. The summed E-state index contributed by atoms with van der Waals surface area (Å²) in [6.45, 7) is 0. The largest absolute Gasteiger partial charge is 0.322 e. The number of amides is 2. The van der Waals surface area contributed by atoms with Crippen molar-refractivity contribution in [3.05, 3.63) is 54.1 Å². The van der Waals surface area contributed by atoms with Crippen LogP contribution < -0.4 is 16.2 Å². The number of nitrogens with zero attached hydrogens (tertiary/aromatic N) is 4. The fourth-order valence-corrected chi connectivity index (χ4v) is 2.28. The van der Waals surface area contributed by atoms with Crippen LogP contribution in [0.25, 0.3) is 5.69 Å². The topological polar surface area (TPSA) is 114 Å². The summed E-state index contributed by atoms with van der Waals surface area (Å²) in [5.74, 6) is -0.276. The number of benzene rings is 2. The fourth-order valence-electron chi connectivity index (χ4n) is 2.08. The molecule has 0 unspecified atom stereocenters. The molecule has 3 aromatic rings. The van der Waals surface area contributed by atoms with E-state index < -0.39 is 0 Å². The second-order valence-electron chi connectivity index (χ2n) is 4.86. The average Bonchev–Trinajstić information content (AvgIpc) is 3.07. The van der Waals surface area contributed by atoms with Crippen LogP contribution in [0.1, 0.15) is 10.4 Å². The summed E-state index contributed by atoms with van der Waals surface area (Å²) in [4.78, 5) is 22.6. The van der Waals surface area contributed by atoms with E-state index in [1.807, 2.05) is 0 Å². The first-order chi connectivity index (χ1) is 12.2. The van der Waals surface area contributed by atoms with Gasteiger partial charge >= 0.3 is 0 Å². The number of carbonyl (C=O) groups is 2. The van der Waals surface area contributed by atoms with Gasteiger partial charge in [0.25, 0.3) is 5.91 Å². The van der Waals surface area contributed by atoms with E-state index in [1.54, 1.807) is 48.5 Å². The van der Waals surface area contributed by atoms with Gasteiger partial charge in [-0.25, -0.2) is 0 Å². The number of rotatable bonds is 6. The maximum atomic E-state index is 12.4. The quantitative estimate of drug-likeness (QED) is 0.301. The predicted molar refractivity (Wildman–Crippen MR) is 93.6 cm³/mol. The van der Waals surface area contributed by atoms with Crippen LogP contribution in [0.3, 0.4) is 0 Å². The normalized spacial score (nSPS) is 10.1. The lowest BCUT2D eigenvalue weighted by Gasteiger charge is -2.08. The summed E-state index contributed by atoms with van der Waals surface area (Å²) >= 11 is 4.15. The van der Waals surface area contributed by atoms with Gasteiger partial charge in [-0.2, -0.15) is 4.68 Å². The number of carbonyl (C=O) groups excluding carboxylic acids is 2. The summed E-state index contributed by atoms with van der Waals surface area (Å²) < 4.78 is 1.42. The van der Waals surface area contributed by atoms with Crippen LogP contribution in [-0.4, -0.2) is 32.5 Å². The molecule has 2 amide bonds. The van der Waals surface area contributed by atoms with E-state index in [0.29, 0.717) is 34.2 Å². The Morgan fingerprint density at radius 3 is 2.56 bits per heavy atom. The van der Waals surface area contributed by atoms with Crippen molar-refractivity contribution in [2.75, 3.05) is 10.7 Å². The van der Waals surface area contributed by atoms with Crippen LogP contribution in [0, 0.1) is 0 Å². The Balaban J connectivity index is 1.73. The highest BCUT2D eigenvalue weighted by atomic mass is 32.1. The third-order valence-electron chi connectivity index (χ3n) is 3.22. The minimum Gasteiger partial charge on any atom is -0.322 e. The van der Waals surface area contributed by atoms with Crippen molar-refractivity contribution in [3.63, 3.8) is 0 Å². The van der Waals surface area contributed by atoms with Crippen molar-refractivity contribution in [1.82, 2.24) is 25.6 Å². The Bertz CT molecular complexity index is 895. The molecule has 25 heavy (non-hydrogen) atoms. The van der Waals surface area contributed by atoms with Crippen molar-refractivity contribution in [3.8, 4) is 5.69 Å². The lowest BCUT2D eigenvalue weighted by atomic mass is 10.2. The molecule has 0 fully saturated rings. The van der Waals surface area contributed by atoms with E-state index in [4.69, 9.17) is 0 Å². The van der Waals surface area contributed by atoms with Crippen molar-refractivity contribution >= 4 is 36.3 Å². The molecule has 126 valence electrons.